The maximum atomic E-state index is 12.2. The Morgan fingerprint density at radius 2 is 2.09 bits per heavy atom. The van der Waals surface area contributed by atoms with Crippen LogP contribution in [0.5, 0.6) is 5.75 Å². The van der Waals surface area contributed by atoms with Crippen molar-refractivity contribution < 1.29 is 14.3 Å². The summed E-state index contributed by atoms with van der Waals surface area (Å²) in [6, 6.07) is 3.24. The SMILES string of the molecule is Cl.O=C(CC1CCNCC1)Nc1cc2c(cc1Cl)NC(=O)CO2. The molecule has 126 valence electrons. The lowest BCUT2D eigenvalue weighted by atomic mass is 9.94. The summed E-state index contributed by atoms with van der Waals surface area (Å²) in [5.41, 5.74) is 1.04. The number of hydrogen-bond donors (Lipinski definition) is 3. The number of amides is 2. The molecule has 0 aromatic heterocycles. The van der Waals surface area contributed by atoms with Crippen LogP contribution < -0.4 is 20.7 Å². The van der Waals surface area contributed by atoms with Crippen molar-refractivity contribution in [2.45, 2.75) is 19.3 Å². The molecular formula is C15H19Cl2N3O3. The molecule has 0 unspecified atom stereocenters. The topological polar surface area (TPSA) is 79.5 Å². The molecule has 23 heavy (non-hydrogen) atoms. The van der Waals surface area contributed by atoms with E-state index in [1.54, 1.807) is 12.1 Å². The van der Waals surface area contributed by atoms with E-state index in [1.165, 1.54) is 0 Å². The number of rotatable bonds is 3. The highest BCUT2D eigenvalue weighted by Gasteiger charge is 2.20. The molecule has 3 N–H and O–H groups in total. The van der Waals surface area contributed by atoms with E-state index in [2.05, 4.69) is 16.0 Å². The van der Waals surface area contributed by atoms with Gasteiger partial charge in [-0.2, -0.15) is 0 Å². The molecule has 0 atom stereocenters. The Hall–Kier alpha value is -1.50. The van der Waals surface area contributed by atoms with Gasteiger partial charge in [-0.1, -0.05) is 11.6 Å². The number of fused-ring (bicyclic) bond motifs is 1. The van der Waals surface area contributed by atoms with Crippen LogP contribution >= 0.6 is 24.0 Å². The number of carbonyl (C=O) groups excluding carboxylic acids is 2. The molecule has 2 aliphatic rings. The highest BCUT2D eigenvalue weighted by atomic mass is 35.5. The molecule has 8 heteroatoms. The first-order chi connectivity index (χ1) is 10.6. The number of hydrogen-bond acceptors (Lipinski definition) is 4. The number of carbonyl (C=O) groups is 2. The molecule has 1 saturated heterocycles. The van der Waals surface area contributed by atoms with Gasteiger partial charge in [-0.15, -0.1) is 12.4 Å². The van der Waals surface area contributed by atoms with E-state index in [4.69, 9.17) is 16.3 Å². The monoisotopic (exact) mass is 359 g/mol. The third kappa shape index (κ3) is 4.50. The highest BCUT2D eigenvalue weighted by molar-refractivity contribution is 6.34. The van der Waals surface area contributed by atoms with Crippen molar-refractivity contribution in [2.24, 2.45) is 5.92 Å². The zero-order valence-electron chi connectivity index (χ0n) is 12.5. The van der Waals surface area contributed by atoms with Crippen LogP contribution in [0.3, 0.4) is 0 Å². The van der Waals surface area contributed by atoms with Crippen molar-refractivity contribution in [2.75, 3.05) is 30.3 Å². The third-order valence-electron chi connectivity index (χ3n) is 3.91. The molecule has 0 radical (unpaired) electrons. The number of benzene rings is 1. The maximum Gasteiger partial charge on any atom is 0.262 e. The van der Waals surface area contributed by atoms with E-state index in [-0.39, 0.29) is 30.8 Å². The van der Waals surface area contributed by atoms with Gasteiger partial charge in [0.15, 0.2) is 6.61 Å². The van der Waals surface area contributed by atoms with Crippen molar-refractivity contribution in [3.63, 3.8) is 0 Å². The smallest absolute Gasteiger partial charge is 0.262 e. The number of piperidine rings is 1. The highest BCUT2D eigenvalue weighted by Crippen LogP contribution is 2.36. The molecule has 1 aromatic carbocycles. The van der Waals surface area contributed by atoms with Gasteiger partial charge in [0, 0.05) is 12.5 Å². The van der Waals surface area contributed by atoms with Gasteiger partial charge in [0.05, 0.1) is 16.4 Å². The van der Waals surface area contributed by atoms with Crippen LogP contribution in [0.25, 0.3) is 0 Å². The van der Waals surface area contributed by atoms with Gasteiger partial charge >= 0.3 is 0 Å². The Labute approximate surface area is 145 Å². The largest absolute Gasteiger partial charge is 0.482 e. The molecule has 1 fully saturated rings. The van der Waals surface area contributed by atoms with Crippen molar-refractivity contribution in [1.29, 1.82) is 0 Å². The minimum Gasteiger partial charge on any atom is -0.482 e. The van der Waals surface area contributed by atoms with Gasteiger partial charge in [-0.25, -0.2) is 0 Å². The van der Waals surface area contributed by atoms with Crippen molar-refractivity contribution in [1.82, 2.24) is 5.32 Å². The fourth-order valence-electron chi connectivity index (χ4n) is 2.75. The third-order valence-corrected chi connectivity index (χ3v) is 4.22. The maximum absolute atomic E-state index is 12.2. The molecule has 0 saturated carbocycles. The van der Waals surface area contributed by atoms with Gasteiger partial charge in [0.1, 0.15) is 5.75 Å². The van der Waals surface area contributed by atoms with E-state index < -0.39 is 0 Å². The Bertz CT molecular complexity index is 604. The van der Waals surface area contributed by atoms with E-state index in [0.717, 1.165) is 25.9 Å². The number of ether oxygens (including phenoxy) is 1. The Morgan fingerprint density at radius 3 is 2.83 bits per heavy atom. The summed E-state index contributed by atoms with van der Waals surface area (Å²) in [6.45, 7) is 1.90. The molecule has 6 nitrogen and oxygen atoms in total. The second-order valence-electron chi connectivity index (χ2n) is 5.61. The van der Waals surface area contributed by atoms with Crippen LogP contribution in [-0.2, 0) is 9.59 Å². The predicted octanol–water partition coefficient (Wildman–Crippen LogP) is 2.42. The van der Waals surface area contributed by atoms with Gasteiger partial charge in [0.2, 0.25) is 5.91 Å². The van der Waals surface area contributed by atoms with Crippen LogP contribution in [0.4, 0.5) is 11.4 Å². The fourth-order valence-corrected chi connectivity index (χ4v) is 2.96. The van der Waals surface area contributed by atoms with Crippen molar-refractivity contribution in [3.8, 4) is 5.75 Å². The van der Waals surface area contributed by atoms with Gasteiger partial charge < -0.3 is 20.7 Å². The molecule has 0 aliphatic carbocycles. The van der Waals surface area contributed by atoms with Gasteiger partial charge in [-0.3, -0.25) is 9.59 Å². The minimum atomic E-state index is -0.216. The molecule has 2 aliphatic heterocycles. The number of nitrogens with one attached hydrogen (secondary N) is 3. The van der Waals surface area contributed by atoms with E-state index in [9.17, 15) is 9.59 Å². The van der Waals surface area contributed by atoms with E-state index in [0.29, 0.717) is 34.5 Å². The second-order valence-corrected chi connectivity index (χ2v) is 6.02. The van der Waals surface area contributed by atoms with Crippen LogP contribution in [0.1, 0.15) is 19.3 Å². The molecule has 3 rings (SSSR count). The molecule has 0 bridgehead atoms. The summed E-state index contributed by atoms with van der Waals surface area (Å²) in [5, 5.41) is 9.17. The Kier molecular flexibility index (Phi) is 6.10. The summed E-state index contributed by atoms with van der Waals surface area (Å²) in [4.78, 5) is 23.4. The summed E-state index contributed by atoms with van der Waals surface area (Å²) in [5.74, 6) is 0.661. The van der Waals surface area contributed by atoms with Gasteiger partial charge in [-0.05, 0) is 37.9 Å². The molecular weight excluding hydrogens is 341 g/mol. The van der Waals surface area contributed by atoms with E-state index in [1.807, 2.05) is 0 Å². The quantitative estimate of drug-likeness (QED) is 0.774. The molecule has 0 spiro atoms. The average Bonchev–Trinajstić information content (AvgIpc) is 2.49. The molecule has 2 amide bonds. The number of anilines is 2. The first-order valence-electron chi connectivity index (χ1n) is 7.38. The summed E-state index contributed by atoms with van der Waals surface area (Å²) in [6.07, 6.45) is 2.52. The van der Waals surface area contributed by atoms with Gasteiger partial charge in [0.25, 0.3) is 5.91 Å². The van der Waals surface area contributed by atoms with Crippen molar-refractivity contribution >= 4 is 47.2 Å². The van der Waals surface area contributed by atoms with Crippen LogP contribution in [-0.4, -0.2) is 31.5 Å². The van der Waals surface area contributed by atoms with Crippen molar-refractivity contribution in [3.05, 3.63) is 17.2 Å². The van der Waals surface area contributed by atoms with Crippen LogP contribution in [0, 0.1) is 5.92 Å². The molecule has 2 heterocycles. The summed E-state index contributed by atoms with van der Waals surface area (Å²) >= 11 is 6.16. The summed E-state index contributed by atoms with van der Waals surface area (Å²) < 4.78 is 5.33. The van der Waals surface area contributed by atoms with Crippen LogP contribution in [0.2, 0.25) is 5.02 Å². The first kappa shape index (κ1) is 17.8. The first-order valence-corrected chi connectivity index (χ1v) is 7.76. The van der Waals surface area contributed by atoms with Crippen LogP contribution in [0.15, 0.2) is 12.1 Å². The molecule has 1 aromatic rings. The zero-order chi connectivity index (χ0) is 15.5. The fraction of sp³-hybridized carbons (Fsp3) is 0.467. The summed E-state index contributed by atoms with van der Waals surface area (Å²) in [7, 11) is 0. The lowest BCUT2D eigenvalue weighted by Crippen LogP contribution is -2.30. The minimum absolute atomic E-state index is 0. The lowest BCUT2D eigenvalue weighted by Gasteiger charge is -2.22. The Morgan fingerprint density at radius 1 is 1.35 bits per heavy atom. The normalized spacial score (nSPS) is 17.3. The Balaban J connectivity index is 0.00000192. The number of halogens is 2. The van der Waals surface area contributed by atoms with E-state index >= 15 is 0 Å². The zero-order valence-corrected chi connectivity index (χ0v) is 14.1. The predicted molar refractivity (Wildman–Crippen MR) is 91.7 cm³/mol. The lowest BCUT2D eigenvalue weighted by molar-refractivity contribution is -0.119. The average molecular weight is 360 g/mol. The second kappa shape index (κ2) is 7.86. The standard InChI is InChI=1S/C15H18ClN3O3.ClH/c16-10-6-12-13(22-8-15(21)19-12)7-11(10)18-14(20)5-9-1-3-17-4-2-9;/h6-7,9,17H,1-5,8H2,(H,18,20)(H,19,21);1H.